The molecule has 0 spiro atoms. The molecule has 2 aromatic rings. The number of ether oxygens (including phenoxy) is 1. The van der Waals surface area contributed by atoms with E-state index >= 15 is 0 Å². The molecule has 0 unspecified atom stereocenters. The summed E-state index contributed by atoms with van der Waals surface area (Å²) in [6.07, 6.45) is 1.01. The average Bonchev–Trinajstić information content (AvgIpc) is 2.87. The highest BCUT2D eigenvalue weighted by Gasteiger charge is 2.26. The van der Waals surface area contributed by atoms with Crippen molar-refractivity contribution >= 4 is 5.78 Å². The molecule has 2 heterocycles. The maximum atomic E-state index is 13.3. The molecule has 140 valence electrons. The van der Waals surface area contributed by atoms with Gasteiger partial charge < -0.3 is 4.74 Å². The first-order chi connectivity index (χ1) is 12.5. The minimum Gasteiger partial charge on any atom is -0.379 e. The minimum absolute atomic E-state index is 0.141. The summed E-state index contributed by atoms with van der Waals surface area (Å²) in [4.78, 5) is 27.9. The van der Waals surface area contributed by atoms with Crippen molar-refractivity contribution in [3.8, 4) is 5.69 Å². The Morgan fingerprint density at radius 2 is 1.85 bits per heavy atom. The molecule has 6 nitrogen and oxygen atoms in total. The van der Waals surface area contributed by atoms with Crippen molar-refractivity contribution in [3.63, 3.8) is 0 Å². The van der Waals surface area contributed by atoms with Crippen LogP contribution in [0.15, 0.2) is 29.1 Å². The van der Waals surface area contributed by atoms with Gasteiger partial charge in [-0.3, -0.25) is 19.2 Å². The number of benzene rings is 1. The zero-order chi connectivity index (χ0) is 18.7. The lowest BCUT2D eigenvalue weighted by Gasteiger charge is -2.27. The number of nitrogens with zero attached hydrogens (tertiary/aromatic N) is 3. The van der Waals surface area contributed by atoms with Gasteiger partial charge in [-0.2, -0.15) is 0 Å². The van der Waals surface area contributed by atoms with Crippen molar-refractivity contribution in [1.82, 2.24) is 14.3 Å². The van der Waals surface area contributed by atoms with Crippen molar-refractivity contribution in [2.75, 3.05) is 26.3 Å². The topological polar surface area (TPSA) is 56.5 Å². The van der Waals surface area contributed by atoms with E-state index in [1.54, 1.807) is 23.9 Å². The Labute approximate surface area is 151 Å². The molecule has 0 amide bonds. The molecule has 1 aromatic heterocycles. The summed E-state index contributed by atoms with van der Waals surface area (Å²) in [5.74, 6) is -0.510. The monoisotopic (exact) mass is 361 g/mol. The van der Waals surface area contributed by atoms with Gasteiger partial charge in [-0.1, -0.05) is 6.92 Å². The number of aromatic nitrogens is 2. The normalized spacial score (nSPS) is 15.3. The molecule has 0 radical (unpaired) electrons. The number of Topliss-reactive ketones (excluding diaryl/α,β-unsaturated/α-hetero) is 1. The largest absolute Gasteiger partial charge is 0.379 e. The number of hydrogen-bond acceptors (Lipinski definition) is 4. The lowest BCUT2D eigenvalue weighted by Crippen LogP contribution is -2.36. The third kappa shape index (κ3) is 3.64. The van der Waals surface area contributed by atoms with Crippen molar-refractivity contribution in [3.05, 3.63) is 51.7 Å². The van der Waals surface area contributed by atoms with Crippen LogP contribution in [0.25, 0.3) is 5.69 Å². The molecule has 7 heteroatoms. The van der Waals surface area contributed by atoms with E-state index < -0.39 is 0 Å². The van der Waals surface area contributed by atoms with E-state index in [1.165, 1.54) is 16.8 Å². The Morgan fingerprint density at radius 3 is 2.46 bits per heavy atom. The van der Waals surface area contributed by atoms with E-state index in [1.807, 2.05) is 6.92 Å². The predicted octanol–water partition coefficient (Wildman–Crippen LogP) is 2.13. The molecule has 0 atom stereocenters. The van der Waals surface area contributed by atoms with Crippen LogP contribution in [0.2, 0.25) is 0 Å². The summed E-state index contributed by atoms with van der Waals surface area (Å²) < 4.78 is 21.8. The minimum atomic E-state index is -0.369. The van der Waals surface area contributed by atoms with Crippen LogP contribution in [-0.2, 0) is 18.3 Å². The number of halogens is 1. The Bertz CT molecular complexity index is 833. The van der Waals surface area contributed by atoms with Crippen molar-refractivity contribution < 1.29 is 13.9 Å². The molecule has 0 saturated carbocycles. The van der Waals surface area contributed by atoms with Gasteiger partial charge in [-0.05, 0) is 30.7 Å². The van der Waals surface area contributed by atoms with Crippen LogP contribution in [-0.4, -0.2) is 46.4 Å². The number of carbonyl (C=O) groups is 1. The Hall–Kier alpha value is -2.25. The first-order valence-corrected chi connectivity index (χ1v) is 8.93. The highest BCUT2D eigenvalue weighted by atomic mass is 19.1. The number of hydrogen-bond donors (Lipinski definition) is 0. The Morgan fingerprint density at radius 1 is 1.19 bits per heavy atom. The van der Waals surface area contributed by atoms with E-state index in [9.17, 15) is 14.0 Å². The maximum absolute atomic E-state index is 13.3. The molecule has 0 aliphatic carbocycles. The van der Waals surface area contributed by atoms with Crippen LogP contribution in [0.5, 0.6) is 0 Å². The fourth-order valence-corrected chi connectivity index (χ4v) is 3.31. The molecule has 1 aliphatic heterocycles. The Kier molecular flexibility index (Phi) is 5.68. The zero-order valence-corrected chi connectivity index (χ0v) is 15.2. The highest BCUT2D eigenvalue weighted by molar-refractivity contribution is 5.97. The average molecular weight is 361 g/mol. The summed E-state index contributed by atoms with van der Waals surface area (Å²) in [5.41, 5.74) is 1.13. The molecule has 26 heavy (non-hydrogen) atoms. The first-order valence-electron chi connectivity index (χ1n) is 8.93. The number of carbonyl (C=O) groups excluding carboxylic acids is 1. The third-order valence-electron chi connectivity index (χ3n) is 4.69. The van der Waals surface area contributed by atoms with Crippen molar-refractivity contribution in [1.29, 1.82) is 0 Å². The van der Waals surface area contributed by atoms with Gasteiger partial charge in [0, 0.05) is 33.1 Å². The quantitative estimate of drug-likeness (QED) is 0.740. The molecule has 0 bridgehead atoms. The maximum Gasteiger partial charge on any atom is 0.282 e. The summed E-state index contributed by atoms with van der Waals surface area (Å²) in [6, 6.07) is 5.71. The molecule has 0 N–H and O–H groups in total. The lowest BCUT2D eigenvalue weighted by atomic mass is 10.1. The van der Waals surface area contributed by atoms with Crippen LogP contribution in [0.4, 0.5) is 4.39 Å². The van der Waals surface area contributed by atoms with E-state index in [2.05, 4.69) is 4.90 Å². The SMILES string of the molecule is CCCC(=O)c1c(CN2CCOCC2)n(C)n(-c2ccc(F)cc2)c1=O. The van der Waals surface area contributed by atoms with Gasteiger partial charge in [-0.15, -0.1) is 0 Å². The molecule has 1 aromatic carbocycles. The number of ketones is 1. The first kappa shape index (κ1) is 18.5. The van der Waals surface area contributed by atoms with Crippen LogP contribution >= 0.6 is 0 Å². The summed E-state index contributed by atoms with van der Waals surface area (Å²) >= 11 is 0. The molecular formula is C19H24FN3O3. The Balaban J connectivity index is 2.08. The fraction of sp³-hybridized carbons (Fsp3) is 0.474. The number of morpholine rings is 1. The number of rotatable bonds is 6. The predicted molar refractivity (Wildman–Crippen MR) is 96.3 cm³/mol. The van der Waals surface area contributed by atoms with Gasteiger partial charge >= 0.3 is 0 Å². The molecule has 1 aliphatic rings. The van der Waals surface area contributed by atoms with Crippen molar-refractivity contribution in [2.45, 2.75) is 26.3 Å². The van der Waals surface area contributed by atoms with E-state index in [0.29, 0.717) is 44.0 Å². The van der Waals surface area contributed by atoms with Crippen molar-refractivity contribution in [2.24, 2.45) is 7.05 Å². The molecule has 1 saturated heterocycles. The van der Waals surface area contributed by atoms with Crippen LogP contribution in [0.1, 0.15) is 35.8 Å². The van der Waals surface area contributed by atoms with Gasteiger partial charge in [0.05, 0.1) is 24.6 Å². The summed E-state index contributed by atoms with van der Waals surface area (Å²) in [6.45, 7) is 5.24. The second-order valence-electron chi connectivity index (χ2n) is 6.50. The molecule has 3 rings (SSSR count). The lowest BCUT2D eigenvalue weighted by molar-refractivity contribution is 0.0329. The van der Waals surface area contributed by atoms with E-state index in [4.69, 9.17) is 4.74 Å². The summed E-state index contributed by atoms with van der Waals surface area (Å²) in [5, 5.41) is 0. The van der Waals surface area contributed by atoms with Crippen LogP contribution < -0.4 is 5.56 Å². The zero-order valence-electron chi connectivity index (χ0n) is 15.2. The smallest absolute Gasteiger partial charge is 0.282 e. The summed E-state index contributed by atoms with van der Waals surface area (Å²) in [7, 11) is 1.77. The van der Waals surface area contributed by atoms with Gasteiger partial charge in [0.25, 0.3) is 5.56 Å². The van der Waals surface area contributed by atoms with Gasteiger partial charge in [0.15, 0.2) is 5.78 Å². The third-order valence-corrected chi connectivity index (χ3v) is 4.69. The van der Waals surface area contributed by atoms with Gasteiger partial charge in [-0.25, -0.2) is 9.07 Å². The van der Waals surface area contributed by atoms with E-state index in [0.717, 1.165) is 13.1 Å². The second-order valence-corrected chi connectivity index (χ2v) is 6.50. The van der Waals surface area contributed by atoms with Crippen LogP contribution in [0, 0.1) is 5.82 Å². The van der Waals surface area contributed by atoms with Crippen LogP contribution in [0.3, 0.4) is 0 Å². The van der Waals surface area contributed by atoms with E-state index in [-0.39, 0.29) is 22.7 Å². The fourth-order valence-electron chi connectivity index (χ4n) is 3.31. The van der Waals surface area contributed by atoms with Gasteiger partial charge in [0.2, 0.25) is 0 Å². The molecular weight excluding hydrogens is 337 g/mol. The second kappa shape index (κ2) is 7.97. The van der Waals surface area contributed by atoms with Gasteiger partial charge in [0.1, 0.15) is 11.4 Å². The standard InChI is InChI=1S/C19H24FN3O3/c1-3-4-17(24)18-16(13-22-9-11-26-12-10-22)21(2)23(19(18)25)15-7-5-14(20)6-8-15/h5-8H,3-4,9-13H2,1-2H3. The molecule has 1 fully saturated rings. The highest BCUT2D eigenvalue weighted by Crippen LogP contribution is 2.16.